The van der Waals surface area contributed by atoms with Gasteiger partial charge in [-0.05, 0) is 12.1 Å². The average Bonchev–Trinajstić information content (AvgIpc) is 2.47. The van der Waals surface area contributed by atoms with Gasteiger partial charge in [0.25, 0.3) is 5.56 Å². The highest BCUT2D eigenvalue weighted by atomic mass is 35.5. The molecule has 0 saturated carbocycles. The standard InChI is InChI=1S/C14H8ClN5O2/c15-12-13(19-10-4-2-1-3-9(10)18-12)20-11(21)5-8(17)7(6-16)14(20)22/h1-5,22H,17H2. The van der Waals surface area contributed by atoms with Crippen molar-refractivity contribution < 1.29 is 5.11 Å². The zero-order valence-corrected chi connectivity index (χ0v) is 11.7. The maximum Gasteiger partial charge on any atom is 0.261 e. The second-order valence-electron chi connectivity index (χ2n) is 4.41. The number of hydrogen-bond acceptors (Lipinski definition) is 6. The molecule has 0 saturated heterocycles. The van der Waals surface area contributed by atoms with Crippen molar-refractivity contribution in [2.24, 2.45) is 0 Å². The number of aromatic hydroxyl groups is 1. The number of nitrogen functional groups attached to an aromatic ring is 1. The summed E-state index contributed by atoms with van der Waals surface area (Å²) in [5.41, 5.74) is 5.56. The summed E-state index contributed by atoms with van der Waals surface area (Å²) in [4.78, 5) is 20.5. The van der Waals surface area contributed by atoms with Gasteiger partial charge >= 0.3 is 0 Å². The average molecular weight is 314 g/mol. The van der Waals surface area contributed by atoms with Crippen molar-refractivity contribution in [3.8, 4) is 17.8 Å². The first-order valence-corrected chi connectivity index (χ1v) is 6.48. The summed E-state index contributed by atoms with van der Waals surface area (Å²) in [7, 11) is 0. The molecule has 3 aromatic rings. The summed E-state index contributed by atoms with van der Waals surface area (Å²) in [5, 5.41) is 19.1. The molecule has 0 unspecified atom stereocenters. The van der Waals surface area contributed by atoms with Crippen molar-refractivity contribution in [2.75, 3.05) is 5.73 Å². The highest BCUT2D eigenvalue weighted by Crippen LogP contribution is 2.26. The van der Waals surface area contributed by atoms with E-state index in [1.165, 1.54) is 0 Å². The van der Waals surface area contributed by atoms with Gasteiger partial charge < -0.3 is 10.8 Å². The van der Waals surface area contributed by atoms with Crippen LogP contribution in [-0.2, 0) is 0 Å². The molecule has 7 nitrogen and oxygen atoms in total. The molecular formula is C14H8ClN5O2. The van der Waals surface area contributed by atoms with Gasteiger partial charge in [-0.15, -0.1) is 0 Å². The van der Waals surface area contributed by atoms with Crippen LogP contribution in [0, 0.1) is 11.3 Å². The lowest BCUT2D eigenvalue weighted by molar-refractivity contribution is 0.432. The first-order valence-electron chi connectivity index (χ1n) is 6.10. The molecule has 0 amide bonds. The molecule has 0 aliphatic rings. The number of pyridine rings is 1. The van der Waals surface area contributed by atoms with E-state index in [1.807, 2.05) is 0 Å². The maximum atomic E-state index is 12.1. The normalized spacial score (nSPS) is 10.5. The Kier molecular flexibility index (Phi) is 3.16. The van der Waals surface area contributed by atoms with Crippen LogP contribution in [0.3, 0.4) is 0 Å². The predicted octanol–water partition coefficient (Wildman–Crippen LogP) is 1.59. The second-order valence-corrected chi connectivity index (χ2v) is 4.77. The SMILES string of the molecule is N#Cc1c(N)cc(=O)n(-c2nc3ccccc3nc2Cl)c1O. The van der Waals surface area contributed by atoms with Crippen LogP contribution in [0.5, 0.6) is 5.88 Å². The molecule has 0 bridgehead atoms. The van der Waals surface area contributed by atoms with Crippen molar-refractivity contribution in [1.29, 1.82) is 5.26 Å². The van der Waals surface area contributed by atoms with Crippen LogP contribution in [-0.4, -0.2) is 19.6 Å². The van der Waals surface area contributed by atoms with Gasteiger partial charge in [-0.1, -0.05) is 23.7 Å². The summed E-state index contributed by atoms with van der Waals surface area (Å²) < 4.78 is 0.802. The third-order valence-electron chi connectivity index (χ3n) is 3.06. The van der Waals surface area contributed by atoms with E-state index < -0.39 is 11.4 Å². The quantitative estimate of drug-likeness (QED) is 0.704. The number of nitriles is 1. The van der Waals surface area contributed by atoms with Crippen LogP contribution in [0.1, 0.15) is 5.56 Å². The van der Waals surface area contributed by atoms with Crippen molar-refractivity contribution in [3.05, 3.63) is 51.4 Å². The molecule has 0 fully saturated rings. The van der Waals surface area contributed by atoms with Crippen LogP contribution in [0.15, 0.2) is 35.1 Å². The highest BCUT2D eigenvalue weighted by Gasteiger charge is 2.18. The van der Waals surface area contributed by atoms with Gasteiger partial charge in [-0.2, -0.15) is 5.26 Å². The molecule has 0 atom stereocenters. The van der Waals surface area contributed by atoms with E-state index >= 15 is 0 Å². The molecule has 0 radical (unpaired) electrons. The fraction of sp³-hybridized carbons (Fsp3) is 0. The number of anilines is 1. The zero-order chi connectivity index (χ0) is 15.9. The Labute approximate surface area is 128 Å². The number of hydrogen-bond donors (Lipinski definition) is 2. The number of rotatable bonds is 1. The predicted molar refractivity (Wildman–Crippen MR) is 80.9 cm³/mol. The number of halogens is 1. The van der Waals surface area contributed by atoms with Gasteiger partial charge in [0, 0.05) is 6.07 Å². The fourth-order valence-corrected chi connectivity index (χ4v) is 2.26. The third-order valence-corrected chi connectivity index (χ3v) is 3.31. The molecule has 0 aliphatic carbocycles. The van der Waals surface area contributed by atoms with Crippen molar-refractivity contribution in [2.45, 2.75) is 0 Å². The summed E-state index contributed by atoms with van der Waals surface area (Å²) in [6.45, 7) is 0. The molecule has 22 heavy (non-hydrogen) atoms. The summed E-state index contributed by atoms with van der Waals surface area (Å²) in [6, 6.07) is 9.67. The largest absolute Gasteiger partial charge is 0.493 e. The van der Waals surface area contributed by atoms with Gasteiger partial charge in [0.05, 0.1) is 16.7 Å². The summed E-state index contributed by atoms with van der Waals surface area (Å²) >= 11 is 6.06. The zero-order valence-electron chi connectivity index (χ0n) is 11.0. The lowest BCUT2D eigenvalue weighted by Gasteiger charge is -2.11. The van der Waals surface area contributed by atoms with E-state index in [1.54, 1.807) is 30.3 Å². The number of para-hydroxylation sites is 2. The summed E-state index contributed by atoms with van der Waals surface area (Å²) in [5.74, 6) is -0.696. The monoisotopic (exact) mass is 313 g/mol. The minimum absolute atomic E-state index is 0.0700. The van der Waals surface area contributed by atoms with Crippen LogP contribution in [0.2, 0.25) is 5.15 Å². The lowest BCUT2D eigenvalue weighted by Crippen LogP contribution is -2.21. The number of fused-ring (bicyclic) bond motifs is 1. The van der Waals surface area contributed by atoms with Gasteiger partial charge in [0.15, 0.2) is 11.0 Å². The third kappa shape index (κ3) is 2.03. The van der Waals surface area contributed by atoms with Crippen LogP contribution in [0.25, 0.3) is 16.9 Å². The van der Waals surface area contributed by atoms with Gasteiger partial charge in [-0.25, -0.2) is 14.5 Å². The molecule has 2 heterocycles. The van der Waals surface area contributed by atoms with Crippen molar-refractivity contribution in [1.82, 2.24) is 14.5 Å². The smallest absolute Gasteiger partial charge is 0.261 e. The molecule has 0 spiro atoms. The van der Waals surface area contributed by atoms with E-state index in [0.29, 0.717) is 11.0 Å². The minimum Gasteiger partial charge on any atom is -0.493 e. The molecule has 3 N–H and O–H groups in total. The highest BCUT2D eigenvalue weighted by molar-refractivity contribution is 6.31. The van der Waals surface area contributed by atoms with Gasteiger partial charge in [0.1, 0.15) is 11.6 Å². The maximum absolute atomic E-state index is 12.1. The Morgan fingerprint density at radius 1 is 1.27 bits per heavy atom. The number of nitrogens with two attached hydrogens (primary N) is 1. The van der Waals surface area contributed by atoms with E-state index in [4.69, 9.17) is 22.6 Å². The van der Waals surface area contributed by atoms with Gasteiger partial charge in [-0.3, -0.25) is 4.79 Å². The molecule has 8 heteroatoms. The Morgan fingerprint density at radius 2 is 1.91 bits per heavy atom. The van der Waals surface area contributed by atoms with Gasteiger partial charge in [0.2, 0.25) is 5.88 Å². The first-order chi connectivity index (χ1) is 10.5. The Morgan fingerprint density at radius 3 is 2.55 bits per heavy atom. The molecule has 2 aromatic heterocycles. The molecule has 3 rings (SSSR count). The molecule has 1 aromatic carbocycles. The molecule has 0 aliphatic heterocycles. The lowest BCUT2D eigenvalue weighted by atomic mass is 10.2. The van der Waals surface area contributed by atoms with Crippen LogP contribution < -0.4 is 11.3 Å². The first kappa shape index (κ1) is 13.9. The topological polar surface area (TPSA) is 118 Å². The Bertz CT molecular complexity index is 1010. The summed E-state index contributed by atoms with van der Waals surface area (Å²) in [6.07, 6.45) is 0. The molecular weight excluding hydrogens is 306 g/mol. The fourth-order valence-electron chi connectivity index (χ4n) is 2.05. The van der Waals surface area contributed by atoms with E-state index in [-0.39, 0.29) is 22.2 Å². The van der Waals surface area contributed by atoms with Crippen LogP contribution in [0.4, 0.5) is 5.69 Å². The van der Waals surface area contributed by atoms with E-state index in [9.17, 15) is 9.90 Å². The minimum atomic E-state index is -0.666. The van der Waals surface area contributed by atoms with E-state index in [2.05, 4.69) is 9.97 Å². The van der Waals surface area contributed by atoms with E-state index in [0.717, 1.165) is 10.6 Å². The number of nitrogens with zero attached hydrogens (tertiary/aromatic N) is 4. The molecule has 108 valence electrons. The van der Waals surface area contributed by atoms with Crippen LogP contribution >= 0.6 is 11.6 Å². The second kappa shape index (κ2) is 5.02. The van der Waals surface area contributed by atoms with Crippen molar-refractivity contribution >= 4 is 28.3 Å². The Hall–Kier alpha value is -3.11. The Balaban J connectivity index is 2.40. The number of aromatic nitrogens is 3. The number of benzene rings is 1. The van der Waals surface area contributed by atoms with Crippen molar-refractivity contribution in [3.63, 3.8) is 0 Å².